The summed E-state index contributed by atoms with van der Waals surface area (Å²) in [6, 6.07) is 6.98. The Morgan fingerprint density at radius 3 is 2.27 bits per heavy atom. The van der Waals surface area contributed by atoms with Gasteiger partial charge in [-0.2, -0.15) is 0 Å². The lowest BCUT2D eigenvalue weighted by atomic mass is 9.52. The summed E-state index contributed by atoms with van der Waals surface area (Å²) >= 11 is 0. The van der Waals surface area contributed by atoms with Crippen LogP contribution in [0.3, 0.4) is 0 Å². The lowest BCUT2D eigenvalue weighted by molar-refractivity contribution is -0.328. The molecule has 1 saturated carbocycles. The first-order valence-electron chi connectivity index (χ1n) is 16.9. The number of hydrogen-bond donors (Lipinski definition) is 5. The summed E-state index contributed by atoms with van der Waals surface area (Å²) in [4.78, 5) is 52.9. The number of carbonyl (C=O) groups is 4. The Bertz CT molecular complexity index is 1500. The molecule has 2 aliphatic carbocycles. The standard InChI is InChI=1S/C37H51NO11/c1-9-25(40)29-21(5)27(48-34(44)31(42)24(15-19(2)3)38-22(6)39)17-37(46,35(29,7)8)32(49-33(43)23-13-11-10-12-14-23)30-20(4)26(41)16-28-36(30,45)18-47-28/h10-15,20,24,26-28,30-32,41-42,45-46H,9,16-18H2,1-8H3,(H,38,39). The van der Waals surface area contributed by atoms with E-state index in [9.17, 15) is 39.6 Å². The average molecular weight is 686 g/mol. The molecule has 2 fully saturated rings. The van der Waals surface area contributed by atoms with Crippen molar-refractivity contribution in [3.8, 4) is 0 Å². The fraction of sp³-hybridized carbons (Fsp3) is 0.622. The lowest BCUT2D eigenvalue weighted by Crippen LogP contribution is -2.75. The minimum Gasteiger partial charge on any atom is -0.456 e. The highest BCUT2D eigenvalue weighted by Gasteiger charge is 2.69. The van der Waals surface area contributed by atoms with Crippen LogP contribution in [0.4, 0.5) is 0 Å². The average Bonchev–Trinajstić information content (AvgIpc) is 3.03. The molecule has 10 atom stereocenters. The number of carbonyl (C=O) groups excluding carboxylic acids is 4. The van der Waals surface area contributed by atoms with Crippen LogP contribution in [0.5, 0.6) is 0 Å². The van der Waals surface area contributed by atoms with Gasteiger partial charge in [0.2, 0.25) is 5.91 Å². The van der Waals surface area contributed by atoms with Gasteiger partial charge >= 0.3 is 11.9 Å². The van der Waals surface area contributed by atoms with Gasteiger partial charge in [0.1, 0.15) is 23.4 Å². The summed E-state index contributed by atoms with van der Waals surface area (Å²) in [7, 11) is 0. The molecule has 5 N–H and O–H groups in total. The number of nitrogens with one attached hydrogen (secondary N) is 1. The third-order valence-electron chi connectivity index (χ3n) is 10.7. The van der Waals surface area contributed by atoms with Crippen molar-refractivity contribution in [2.24, 2.45) is 17.3 Å². The number of esters is 2. The van der Waals surface area contributed by atoms with Gasteiger partial charge in [0.15, 0.2) is 11.9 Å². The normalized spacial score (nSPS) is 32.4. The predicted molar refractivity (Wildman–Crippen MR) is 178 cm³/mol. The zero-order valence-electron chi connectivity index (χ0n) is 29.6. The minimum absolute atomic E-state index is 0.0352. The van der Waals surface area contributed by atoms with Gasteiger partial charge < -0.3 is 40.0 Å². The van der Waals surface area contributed by atoms with Crippen molar-refractivity contribution >= 4 is 23.6 Å². The number of benzene rings is 1. The van der Waals surface area contributed by atoms with Crippen molar-refractivity contribution in [1.29, 1.82) is 0 Å². The Hall–Kier alpha value is -3.42. The van der Waals surface area contributed by atoms with E-state index in [4.69, 9.17) is 14.2 Å². The maximum absolute atomic E-state index is 13.8. The zero-order valence-corrected chi connectivity index (χ0v) is 29.6. The highest BCUT2D eigenvalue weighted by Crippen LogP contribution is 2.57. The Labute approximate surface area is 287 Å². The molecule has 1 saturated heterocycles. The van der Waals surface area contributed by atoms with Gasteiger partial charge in [0.25, 0.3) is 0 Å². The Morgan fingerprint density at radius 1 is 1.10 bits per heavy atom. The highest BCUT2D eigenvalue weighted by atomic mass is 16.6. The second-order valence-electron chi connectivity index (χ2n) is 14.6. The van der Waals surface area contributed by atoms with Gasteiger partial charge in [-0.3, -0.25) is 9.59 Å². The Morgan fingerprint density at radius 2 is 1.73 bits per heavy atom. The van der Waals surface area contributed by atoms with Gasteiger partial charge in [0, 0.05) is 43.1 Å². The monoisotopic (exact) mass is 685 g/mol. The van der Waals surface area contributed by atoms with Crippen LogP contribution in [-0.4, -0.2) is 98.4 Å². The third kappa shape index (κ3) is 7.12. The summed E-state index contributed by atoms with van der Waals surface area (Å²) in [6.07, 6.45) is -5.18. The molecule has 1 aromatic carbocycles. The van der Waals surface area contributed by atoms with Gasteiger partial charge in [-0.05, 0) is 44.4 Å². The number of ether oxygens (including phenoxy) is 3. The van der Waals surface area contributed by atoms with Crippen LogP contribution in [0.1, 0.15) is 85.0 Å². The molecule has 3 aliphatic rings. The number of fused-ring (bicyclic) bond motifs is 1. The molecule has 1 heterocycles. The summed E-state index contributed by atoms with van der Waals surface area (Å²) in [5, 5.41) is 49.9. The molecule has 1 aromatic rings. The van der Waals surface area contributed by atoms with Gasteiger partial charge in [-0.1, -0.05) is 57.5 Å². The topological polar surface area (TPSA) is 189 Å². The number of rotatable bonds is 11. The van der Waals surface area contributed by atoms with E-state index in [1.807, 2.05) is 0 Å². The van der Waals surface area contributed by atoms with E-state index in [0.717, 1.165) is 5.57 Å². The first-order chi connectivity index (χ1) is 22.8. The molecule has 0 bridgehead atoms. The number of aliphatic hydroxyl groups excluding tert-OH is 2. The number of amides is 1. The highest BCUT2D eigenvalue weighted by molar-refractivity contribution is 5.98. The smallest absolute Gasteiger partial charge is 0.338 e. The third-order valence-corrected chi connectivity index (χ3v) is 10.7. The molecule has 0 radical (unpaired) electrons. The number of aliphatic hydroxyl groups is 4. The predicted octanol–water partition coefficient (Wildman–Crippen LogP) is 2.56. The van der Waals surface area contributed by atoms with Crippen molar-refractivity contribution in [2.45, 2.75) is 122 Å². The largest absolute Gasteiger partial charge is 0.456 e. The van der Waals surface area contributed by atoms with E-state index in [-0.39, 0.29) is 36.4 Å². The molecule has 12 nitrogen and oxygen atoms in total. The van der Waals surface area contributed by atoms with Crippen molar-refractivity contribution in [1.82, 2.24) is 5.32 Å². The van der Waals surface area contributed by atoms with E-state index in [2.05, 4.69) is 5.32 Å². The van der Waals surface area contributed by atoms with Crippen LogP contribution >= 0.6 is 0 Å². The molecular formula is C37H51NO11. The van der Waals surface area contributed by atoms with Crippen LogP contribution in [0.15, 0.2) is 53.1 Å². The molecule has 12 heteroatoms. The fourth-order valence-electron chi connectivity index (χ4n) is 7.92. The quantitative estimate of drug-likeness (QED) is 0.170. The number of Topliss-reactive ketones (excluding diaryl/α,β-unsaturated/α-hetero) is 1. The molecule has 1 amide bonds. The SMILES string of the molecule is CCC(=O)C1=C(C)C(OC(=O)C(O)C(C=C(C)C)NC(C)=O)CC(O)(C(OC(=O)c2ccccc2)C2C(C)C(O)CC3OCC32O)C1(C)C. The second-order valence-corrected chi connectivity index (χ2v) is 14.6. The van der Waals surface area contributed by atoms with Gasteiger partial charge in [-0.25, -0.2) is 9.59 Å². The summed E-state index contributed by atoms with van der Waals surface area (Å²) in [5.74, 6) is -4.54. The Kier molecular flexibility index (Phi) is 11.3. The van der Waals surface area contributed by atoms with Crippen LogP contribution in [0, 0.1) is 17.3 Å². The molecule has 270 valence electrons. The van der Waals surface area contributed by atoms with Crippen molar-refractivity contribution in [3.05, 3.63) is 58.7 Å². The number of allylic oxidation sites excluding steroid dienone is 1. The van der Waals surface area contributed by atoms with Crippen LogP contribution in [0.25, 0.3) is 0 Å². The van der Waals surface area contributed by atoms with E-state index < -0.39 is 89.3 Å². The van der Waals surface area contributed by atoms with Gasteiger partial charge in [0.05, 0.1) is 30.4 Å². The van der Waals surface area contributed by atoms with E-state index in [0.29, 0.717) is 5.57 Å². The molecule has 1 aliphatic heterocycles. The maximum atomic E-state index is 13.8. The first-order valence-corrected chi connectivity index (χ1v) is 16.9. The van der Waals surface area contributed by atoms with Crippen molar-refractivity contribution in [2.75, 3.05) is 6.61 Å². The second kappa shape index (κ2) is 14.4. The fourth-order valence-corrected chi connectivity index (χ4v) is 7.92. The molecule has 0 spiro atoms. The molecule has 49 heavy (non-hydrogen) atoms. The van der Waals surface area contributed by atoms with E-state index in [1.54, 1.807) is 78.8 Å². The Balaban J connectivity index is 1.86. The molecular weight excluding hydrogens is 634 g/mol. The maximum Gasteiger partial charge on any atom is 0.338 e. The van der Waals surface area contributed by atoms with Gasteiger partial charge in [-0.15, -0.1) is 0 Å². The van der Waals surface area contributed by atoms with Crippen LogP contribution in [-0.2, 0) is 28.6 Å². The summed E-state index contributed by atoms with van der Waals surface area (Å²) in [6.45, 7) is 12.8. The molecule has 10 unspecified atom stereocenters. The minimum atomic E-state index is -2.18. The first kappa shape index (κ1) is 38.4. The lowest BCUT2D eigenvalue weighted by Gasteiger charge is -2.62. The van der Waals surface area contributed by atoms with Crippen molar-refractivity contribution in [3.63, 3.8) is 0 Å². The number of hydrogen-bond acceptors (Lipinski definition) is 11. The van der Waals surface area contributed by atoms with E-state index >= 15 is 0 Å². The van der Waals surface area contributed by atoms with Crippen molar-refractivity contribution < 1.29 is 53.8 Å². The summed E-state index contributed by atoms with van der Waals surface area (Å²) in [5.41, 5.74) is -3.86. The number of ketones is 1. The molecule has 0 aromatic heterocycles. The molecule has 4 rings (SSSR count). The van der Waals surface area contributed by atoms with Crippen LogP contribution < -0.4 is 5.32 Å². The summed E-state index contributed by atoms with van der Waals surface area (Å²) < 4.78 is 17.7. The zero-order chi connectivity index (χ0) is 36.6. The van der Waals surface area contributed by atoms with E-state index in [1.165, 1.54) is 13.0 Å². The van der Waals surface area contributed by atoms with Crippen LogP contribution in [0.2, 0.25) is 0 Å².